The Bertz CT molecular complexity index is 500. The molecular formula is C14H19N3O2. The molecule has 0 unspecified atom stereocenters. The normalized spacial score (nSPS) is 10.9. The number of aromatic nitrogens is 2. The van der Waals surface area contributed by atoms with Gasteiger partial charge in [-0.2, -0.15) is 0 Å². The lowest BCUT2D eigenvalue weighted by Crippen LogP contribution is -2.20. The van der Waals surface area contributed by atoms with E-state index in [1.54, 1.807) is 19.6 Å². The minimum Gasteiger partial charge on any atom is -0.472 e. The Balaban J connectivity index is 2.13. The van der Waals surface area contributed by atoms with Crippen molar-refractivity contribution in [3.05, 3.63) is 35.5 Å². The summed E-state index contributed by atoms with van der Waals surface area (Å²) in [6, 6.07) is 1.87. The Morgan fingerprint density at radius 2 is 2.00 bits per heavy atom. The number of ether oxygens (including phenoxy) is 1. The van der Waals surface area contributed by atoms with Crippen molar-refractivity contribution in [3.63, 3.8) is 0 Å². The Labute approximate surface area is 113 Å². The molecule has 0 radical (unpaired) electrons. The molecule has 2 rings (SSSR count). The summed E-state index contributed by atoms with van der Waals surface area (Å²) in [5.41, 5.74) is 4.04. The summed E-state index contributed by atoms with van der Waals surface area (Å²) in [4.78, 5) is 9.07. The first-order valence-electron chi connectivity index (χ1n) is 6.28. The summed E-state index contributed by atoms with van der Waals surface area (Å²) in [5.74, 6) is 0.712. The van der Waals surface area contributed by atoms with Crippen molar-refractivity contribution >= 4 is 0 Å². The summed E-state index contributed by atoms with van der Waals surface area (Å²) >= 11 is 0. The number of hydrogen-bond donors (Lipinski definition) is 1. The highest BCUT2D eigenvalue weighted by Gasteiger charge is 2.10. The highest BCUT2D eigenvalue weighted by molar-refractivity contribution is 5.53. The quantitative estimate of drug-likeness (QED) is 0.807. The third-order valence-corrected chi connectivity index (χ3v) is 2.98. The standard InChI is InChI=1S/C14H19N3O2/c1-10-13(8-15-5-7-18-3)11(2)17-14(16-10)12-4-6-19-9-12/h4,6,9,15H,5,7-8H2,1-3H3. The van der Waals surface area contributed by atoms with E-state index < -0.39 is 0 Å². The second kappa shape index (κ2) is 6.45. The van der Waals surface area contributed by atoms with Crippen LogP contribution in [-0.4, -0.2) is 30.2 Å². The molecule has 0 aliphatic carbocycles. The fraction of sp³-hybridized carbons (Fsp3) is 0.429. The van der Waals surface area contributed by atoms with Gasteiger partial charge in [0.1, 0.15) is 6.26 Å². The summed E-state index contributed by atoms with van der Waals surface area (Å²) in [5, 5.41) is 3.31. The van der Waals surface area contributed by atoms with Crippen LogP contribution >= 0.6 is 0 Å². The van der Waals surface area contributed by atoms with Gasteiger partial charge in [-0.3, -0.25) is 0 Å². The molecule has 2 heterocycles. The van der Waals surface area contributed by atoms with Crippen LogP contribution in [0.2, 0.25) is 0 Å². The SMILES string of the molecule is COCCNCc1c(C)nc(-c2ccoc2)nc1C. The van der Waals surface area contributed by atoms with Crippen LogP contribution in [0, 0.1) is 13.8 Å². The van der Waals surface area contributed by atoms with Crippen molar-refractivity contribution in [1.29, 1.82) is 0 Å². The molecule has 0 saturated heterocycles. The fourth-order valence-corrected chi connectivity index (χ4v) is 1.90. The summed E-state index contributed by atoms with van der Waals surface area (Å²) in [6.07, 6.45) is 3.29. The molecule has 0 aromatic carbocycles. The zero-order chi connectivity index (χ0) is 13.7. The van der Waals surface area contributed by atoms with E-state index in [0.717, 1.165) is 35.6 Å². The molecule has 2 aromatic heterocycles. The van der Waals surface area contributed by atoms with Gasteiger partial charge in [-0.05, 0) is 19.9 Å². The Hall–Kier alpha value is -1.72. The van der Waals surface area contributed by atoms with E-state index in [2.05, 4.69) is 15.3 Å². The molecule has 0 atom stereocenters. The first kappa shape index (κ1) is 13.7. The van der Waals surface area contributed by atoms with E-state index in [1.807, 2.05) is 19.9 Å². The van der Waals surface area contributed by atoms with Crippen molar-refractivity contribution in [3.8, 4) is 11.4 Å². The minimum atomic E-state index is 0.700. The molecule has 5 heteroatoms. The number of furan rings is 1. The topological polar surface area (TPSA) is 60.2 Å². The van der Waals surface area contributed by atoms with Crippen LogP contribution in [0.5, 0.6) is 0 Å². The van der Waals surface area contributed by atoms with E-state index in [-0.39, 0.29) is 0 Å². The van der Waals surface area contributed by atoms with Crippen molar-refractivity contribution in [2.24, 2.45) is 0 Å². The van der Waals surface area contributed by atoms with Crippen LogP contribution in [0.4, 0.5) is 0 Å². The third kappa shape index (κ3) is 3.39. The maximum atomic E-state index is 5.06. The second-order valence-corrected chi connectivity index (χ2v) is 4.38. The lowest BCUT2D eigenvalue weighted by atomic mass is 10.1. The average Bonchev–Trinajstić information content (AvgIpc) is 2.90. The van der Waals surface area contributed by atoms with E-state index in [0.29, 0.717) is 12.4 Å². The van der Waals surface area contributed by atoms with Gasteiger partial charge in [0.25, 0.3) is 0 Å². The summed E-state index contributed by atoms with van der Waals surface area (Å²) in [6.45, 7) is 6.29. The Kier molecular flexibility index (Phi) is 4.65. The fourth-order valence-electron chi connectivity index (χ4n) is 1.90. The summed E-state index contributed by atoms with van der Waals surface area (Å²) in [7, 11) is 1.70. The van der Waals surface area contributed by atoms with Crippen molar-refractivity contribution in [2.75, 3.05) is 20.3 Å². The van der Waals surface area contributed by atoms with Crippen LogP contribution in [0.3, 0.4) is 0 Å². The number of nitrogens with zero attached hydrogens (tertiary/aromatic N) is 2. The van der Waals surface area contributed by atoms with E-state index in [4.69, 9.17) is 9.15 Å². The maximum absolute atomic E-state index is 5.06. The zero-order valence-corrected chi connectivity index (χ0v) is 11.6. The van der Waals surface area contributed by atoms with Gasteiger partial charge in [-0.25, -0.2) is 9.97 Å². The van der Waals surface area contributed by atoms with Crippen molar-refractivity contribution in [2.45, 2.75) is 20.4 Å². The highest BCUT2D eigenvalue weighted by Crippen LogP contribution is 2.18. The molecule has 0 saturated carbocycles. The first-order valence-corrected chi connectivity index (χ1v) is 6.28. The molecule has 0 spiro atoms. The Morgan fingerprint density at radius 3 is 2.58 bits per heavy atom. The van der Waals surface area contributed by atoms with Gasteiger partial charge in [0.15, 0.2) is 5.82 Å². The maximum Gasteiger partial charge on any atom is 0.162 e. The van der Waals surface area contributed by atoms with Crippen LogP contribution in [0.25, 0.3) is 11.4 Å². The van der Waals surface area contributed by atoms with Gasteiger partial charge in [0.05, 0.1) is 18.4 Å². The number of aryl methyl sites for hydroxylation is 2. The van der Waals surface area contributed by atoms with Crippen LogP contribution in [-0.2, 0) is 11.3 Å². The predicted molar refractivity (Wildman–Crippen MR) is 72.8 cm³/mol. The van der Waals surface area contributed by atoms with Gasteiger partial charge in [-0.1, -0.05) is 0 Å². The molecule has 19 heavy (non-hydrogen) atoms. The summed E-state index contributed by atoms with van der Waals surface area (Å²) < 4.78 is 10.1. The number of nitrogens with one attached hydrogen (secondary N) is 1. The molecule has 0 fully saturated rings. The van der Waals surface area contributed by atoms with Crippen molar-refractivity contribution < 1.29 is 9.15 Å². The Morgan fingerprint density at radius 1 is 1.26 bits per heavy atom. The third-order valence-electron chi connectivity index (χ3n) is 2.98. The lowest BCUT2D eigenvalue weighted by molar-refractivity contribution is 0.199. The van der Waals surface area contributed by atoms with Crippen LogP contribution < -0.4 is 5.32 Å². The van der Waals surface area contributed by atoms with Gasteiger partial charge in [-0.15, -0.1) is 0 Å². The average molecular weight is 261 g/mol. The molecule has 0 bridgehead atoms. The smallest absolute Gasteiger partial charge is 0.162 e. The lowest BCUT2D eigenvalue weighted by Gasteiger charge is -2.11. The zero-order valence-electron chi connectivity index (χ0n) is 11.6. The van der Waals surface area contributed by atoms with E-state index in [1.165, 1.54) is 0 Å². The molecule has 0 aliphatic rings. The first-order chi connectivity index (χ1) is 9.22. The van der Waals surface area contributed by atoms with Gasteiger partial charge in [0.2, 0.25) is 0 Å². The number of methoxy groups -OCH3 is 1. The van der Waals surface area contributed by atoms with Crippen LogP contribution in [0.15, 0.2) is 23.0 Å². The molecular weight excluding hydrogens is 242 g/mol. The van der Waals surface area contributed by atoms with Gasteiger partial charge >= 0.3 is 0 Å². The predicted octanol–water partition coefficient (Wildman–Crippen LogP) is 2.09. The molecule has 102 valence electrons. The highest BCUT2D eigenvalue weighted by atomic mass is 16.5. The van der Waals surface area contributed by atoms with Gasteiger partial charge < -0.3 is 14.5 Å². The van der Waals surface area contributed by atoms with Crippen molar-refractivity contribution in [1.82, 2.24) is 15.3 Å². The number of rotatable bonds is 6. The molecule has 0 amide bonds. The molecule has 5 nitrogen and oxygen atoms in total. The monoisotopic (exact) mass is 261 g/mol. The second-order valence-electron chi connectivity index (χ2n) is 4.38. The van der Waals surface area contributed by atoms with E-state index >= 15 is 0 Å². The number of hydrogen-bond acceptors (Lipinski definition) is 5. The minimum absolute atomic E-state index is 0.700. The van der Waals surface area contributed by atoms with E-state index in [9.17, 15) is 0 Å². The molecule has 1 N–H and O–H groups in total. The van der Waals surface area contributed by atoms with Crippen LogP contribution in [0.1, 0.15) is 17.0 Å². The largest absolute Gasteiger partial charge is 0.472 e. The van der Waals surface area contributed by atoms with Gasteiger partial charge in [0, 0.05) is 37.2 Å². The molecule has 2 aromatic rings. The molecule has 0 aliphatic heterocycles.